The second-order valence-electron chi connectivity index (χ2n) is 4.50. The van der Waals surface area contributed by atoms with Crippen LogP contribution in [-0.4, -0.2) is 34.4 Å². The lowest BCUT2D eigenvalue weighted by atomic mass is 10.00. The van der Waals surface area contributed by atoms with Crippen molar-refractivity contribution in [1.29, 1.82) is 0 Å². The molecule has 0 aliphatic carbocycles. The van der Waals surface area contributed by atoms with Crippen molar-refractivity contribution < 1.29 is 10.0 Å². The molecule has 98 valence electrons. The number of carbonyl (C=O) groups is 1. The average Bonchev–Trinajstić information content (AvgIpc) is 2.83. The molecule has 1 aliphatic heterocycles. The van der Waals surface area contributed by atoms with Gasteiger partial charge < -0.3 is 15.8 Å². The molecule has 1 aliphatic rings. The molecule has 2 heterocycles. The molecule has 1 amide bonds. The topological polar surface area (TPSA) is 78.9 Å². The number of nitrogens with zero attached hydrogens (tertiary/aromatic N) is 2. The minimum Gasteiger partial charge on any atom is -0.409 e. The molecule has 18 heavy (non-hydrogen) atoms. The molecule has 1 unspecified atom stereocenters. The minimum absolute atomic E-state index is 0.0231. The predicted molar refractivity (Wildman–Crippen MR) is 71.1 cm³/mol. The summed E-state index contributed by atoms with van der Waals surface area (Å²) in [5, 5.41) is 15.7. The largest absolute Gasteiger partial charge is 0.409 e. The highest BCUT2D eigenvalue weighted by atomic mass is 32.1. The number of thiophene rings is 1. The Morgan fingerprint density at radius 2 is 2.33 bits per heavy atom. The third-order valence-corrected chi connectivity index (χ3v) is 4.17. The minimum atomic E-state index is -0.282. The van der Waals surface area contributed by atoms with Crippen molar-refractivity contribution in [1.82, 2.24) is 4.90 Å². The van der Waals surface area contributed by atoms with E-state index < -0.39 is 0 Å². The van der Waals surface area contributed by atoms with Crippen LogP contribution in [0.5, 0.6) is 0 Å². The fraction of sp³-hybridized carbons (Fsp3) is 0.500. The van der Waals surface area contributed by atoms with E-state index in [1.54, 1.807) is 4.90 Å². The van der Waals surface area contributed by atoms with Gasteiger partial charge in [0.15, 0.2) is 5.84 Å². The van der Waals surface area contributed by atoms with Gasteiger partial charge >= 0.3 is 0 Å². The van der Waals surface area contributed by atoms with Gasteiger partial charge in [-0.2, -0.15) is 11.3 Å². The molecule has 5 nitrogen and oxygen atoms in total. The van der Waals surface area contributed by atoms with Gasteiger partial charge in [-0.15, -0.1) is 0 Å². The van der Waals surface area contributed by atoms with E-state index >= 15 is 0 Å². The highest BCUT2D eigenvalue weighted by Crippen LogP contribution is 2.23. The molecule has 0 saturated carbocycles. The Morgan fingerprint density at radius 3 is 2.94 bits per heavy atom. The quantitative estimate of drug-likeness (QED) is 0.371. The summed E-state index contributed by atoms with van der Waals surface area (Å²) in [5.41, 5.74) is 7.38. The molecular formula is C12H17N3O2S. The van der Waals surface area contributed by atoms with E-state index in [-0.39, 0.29) is 17.8 Å². The molecule has 1 atom stereocenters. The van der Waals surface area contributed by atoms with E-state index in [9.17, 15) is 4.79 Å². The van der Waals surface area contributed by atoms with E-state index in [1.165, 1.54) is 11.3 Å². The zero-order valence-corrected chi connectivity index (χ0v) is 11.1. The van der Waals surface area contributed by atoms with Crippen LogP contribution in [0.1, 0.15) is 35.2 Å². The first kappa shape index (κ1) is 12.9. The first-order valence-corrected chi connectivity index (χ1v) is 6.90. The zero-order chi connectivity index (χ0) is 13.1. The number of amidine groups is 1. The summed E-state index contributed by atoms with van der Waals surface area (Å²) < 4.78 is 0. The van der Waals surface area contributed by atoms with Crippen molar-refractivity contribution in [2.75, 3.05) is 6.54 Å². The van der Waals surface area contributed by atoms with Gasteiger partial charge in [0.25, 0.3) is 5.91 Å². The van der Waals surface area contributed by atoms with Gasteiger partial charge in [0.05, 0.1) is 11.6 Å². The summed E-state index contributed by atoms with van der Waals surface area (Å²) in [6.45, 7) is 2.58. The summed E-state index contributed by atoms with van der Waals surface area (Å²) >= 11 is 1.52. The molecule has 0 bridgehead atoms. The number of hydrogen-bond acceptors (Lipinski definition) is 4. The van der Waals surface area contributed by atoms with E-state index in [0.29, 0.717) is 6.54 Å². The third-order valence-electron chi connectivity index (χ3n) is 3.31. The molecule has 1 aromatic rings. The summed E-state index contributed by atoms with van der Waals surface area (Å²) in [7, 11) is 0. The normalized spacial score (nSPS) is 21.1. The van der Waals surface area contributed by atoms with Gasteiger partial charge in [0.2, 0.25) is 0 Å². The molecule has 1 saturated heterocycles. The van der Waals surface area contributed by atoms with Crippen molar-refractivity contribution >= 4 is 23.1 Å². The molecule has 3 N–H and O–H groups in total. The number of amides is 1. The molecule has 6 heteroatoms. The fourth-order valence-corrected chi connectivity index (χ4v) is 3.11. The van der Waals surface area contributed by atoms with Crippen LogP contribution in [0.15, 0.2) is 15.9 Å². The maximum atomic E-state index is 12.5. The number of nitrogens with two attached hydrogens (primary N) is 1. The SMILES string of the molecule is Cc1cscc1C(=O)N1CCCCC1C(N)=NO. The van der Waals surface area contributed by atoms with Gasteiger partial charge in [0.1, 0.15) is 0 Å². The van der Waals surface area contributed by atoms with Crippen LogP contribution in [0.2, 0.25) is 0 Å². The summed E-state index contributed by atoms with van der Waals surface area (Å²) in [4.78, 5) is 14.2. The molecule has 2 rings (SSSR count). The lowest BCUT2D eigenvalue weighted by Crippen LogP contribution is -2.50. The van der Waals surface area contributed by atoms with Gasteiger partial charge in [-0.3, -0.25) is 4.79 Å². The first-order valence-electron chi connectivity index (χ1n) is 5.96. The Balaban J connectivity index is 2.24. The van der Waals surface area contributed by atoms with Crippen molar-refractivity contribution in [3.63, 3.8) is 0 Å². The van der Waals surface area contributed by atoms with Crippen molar-refractivity contribution in [3.8, 4) is 0 Å². The Labute approximate surface area is 110 Å². The molecule has 1 aromatic heterocycles. The fourth-order valence-electron chi connectivity index (χ4n) is 2.28. The number of aryl methyl sites for hydroxylation is 1. The summed E-state index contributed by atoms with van der Waals surface area (Å²) in [6.07, 6.45) is 2.71. The summed E-state index contributed by atoms with van der Waals surface area (Å²) in [6, 6.07) is -0.282. The Bertz CT molecular complexity index is 470. The monoisotopic (exact) mass is 267 g/mol. The van der Waals surface area contributed by atoms with Crippen LogP contribution in [0.4, 0.5) is 0 Å². The maximum Gasteiger partial charge on any atom is 0.255 e. The van der Waals surface area contributed by atoms with E-state index in [4.69, 9.17) is 10.9 Å². The van der Waals surface area contributed by atoms with Gasteiger partial charge in [0, 0.05) is 11.9 Å². The second-order valence-corrected chi connectivity index (χ2v) is 5.25. The van der Waals surface area contributed by atoms with Crippen LogP contribution >= 0.6 is 11.3 Å². The van der Waals surface area contributed by atoms with Crippen molar-refractivity contribution in [2.45, 2.75) is 32.2 Å². The molecule has 0 radical (unpaired) electrons. The van der Waals surface area contributed by atoms with Crippen LogP contribution in [-0.2, 0) is 0 Å². The number of piperidine rings is 1. The van der Waals surface area contributed by atoms with Crippen LogP contribution in [0, 0.1) is 6.92 Å². The lowest BCUT2D eigenvalue weighted by molar-refractivity contribution is 0.0676. The van der Waals surface area contributed by atoms with Gasteiger partial charge in [-0.25, -0.2) is 0 Å². The number of hydrogen-bond donors (Lipinski definition) is 2. The van der Waals surface area contributed by atoms with Gasteiger partial charge in [-0.05, 0) is 37.1 Å². The van der Waals surface area contributed by atoms with E-state index in [1.807, 2.05) is 17.7 Å². The highest BCUT2D eigenvalue weighted by molar-refractivity contribution is 7.08. The Hall–Kier alpha value is -1.56. The number of oxime groups is 1. The number of carbonyl (C=O) groups excluding carboxylic acids is 1. The molecule has 0 spiro atoms. The Kier molecular flexibility index (Phi) is 3.86. The first-order chi connectivity index (χ1) is 8.65. The van der Waals surface area contributed by atoms with Gasteiger partial charge in [-0.1, -0.05) is 5.16 Å². The number of likely N-dealkylation sites (tertiary alicyclic amines) is 1. The predicted octanol–water partition coefficient (Wildman–Crippen LogP) is 1.80. The van der Waals surface area contributed by atoms with Crippen molar-refractivity contribution in [3.05, 3.63) is 21.9 Å². The highest BCUT2D eigenvalue weighted by Gasteiger charge is 2.31. The van der Waals surface area contributed by atoms with E-state index in [2.05, 4.69) is 5.16 Å². The number of rotatable bonds is 2. The molecule has 0 aromatic carbocycles. The van der Waals surface area contributed by atoms with Crippen LogP contribution in [0.25, 0.3) is 0 Å². The second kappa shape index (κ2) is 5.39. The van der Waals surface area contributed by atoms with E-state index in [0.717, 1.165) is 30.4 Å². The maximum absolute atomic E-state index is 12.5. The smallest absolute Gasteiger partial charge is 0.255 e. The van der Waals surface area contributed by atoms with Crippen LogP contribution in [0.3, 0.4) is 0 Å². The Morgan fingerprint density at radius 1 is 1.56 bits per heavy atom. The summed E-state index contributed by atoms with van der Waals surface area (Å²) in [5.74, 6) is 0.0981. The molecule has 1 fully saturated rings. The molecular weight excluding hydrogens is 250 g/mol. The zero-order valence-electron chi connectivity index (χ0n) is 10.3. The van der Waals surface area contributed by atoms with Crippen molar-refractivity contribution in [2.24, 2.45) is 10.9 Å². The standard InChI is InChI=1S/C12H17N3O2S/c1-8-6-18-7-9(8)12(16)15-5-3-2-4-10(15)11(13)14-17/h6-7,10,17H,2-5H2,1H3,(H2,13,14). The average molecular weight is 267 g/mol. The van der Waals surface area contributed by atoms with Crippen LogP contribution < -0.4 is 5.73 Å². The lowest BCUT2D eigenvalue weighted by Gasteiger charge is -2.34. The third kappa shape index (κ3) is 2.33.